The number of rotatable bonds is 10. The van der Waals surface area contributed by atoms with Gasteiger partial charge in [0.2, 0.25) is 11.7 Å². The highest BCUT2D eigenvalue weighted by Crippen LogP contribution is 2.35. The molecule has 182 valence electrons. The second-order valence-electron chi connectivity index (χ2n) is 7.29. The van der Waals surface area contributed by atoms with Gasteiger partial charge in [0, 0.05) is 6.04 Å². The predicted octanol–water partition coefficient (Wildman–Crippen LogP) is 4.57. The van der Waals surface area contributed by atoms with Crippen LogP contribution >= 0.6 is 23.1 Å². The van der Waals surface area contributed by atoms with E-state index < -0.39 is 11.9 Å². The van der Waals surface area contributed by atoms with Gasteiger partial charge in [0.05, 0.1) is 30.8 Å². The molecule has 0 aliphatic heterocycles. The molecule has 3 rings (SSSR count). The fourth-order valence-electron chi connectivity index (χ4n) is 3.15. The molecule has 0 saturated heterocycles. The molecule has 0 bridgehead atoms. The number of thiophene rings is 1. The maximum atomic E-state index is 12.8. The number of aromatic nitrogens is 3. The first kappa shape index (κ1) is 25.5. The summed E-state index contributed by atoms with van der Waals surface area (Å²) < 4.78 is 17.5. The van der Waals surface area contributed by atoms with Gasteiger partial charge < -0.3 is 19.2 Å². The molecule has 1 amide bonds. The summed E-state index contributed by atoms with van der Waals surface area (Å²) in [5.74, 6) is -0.377. The lowest BCUT2D eigenvalue weighted by molar-refractivity contribution is -0.113. The summed E-state index contributed by atoms with van der Waals surface area (Å²) >= 11 is 2.19. The fraction of sp³-hybridized carbons (Fsp3) is 0.409. The third kappa shape index (κ3) is 5.50. The van der Waals surface area contributed by atoms with Crippen LogP contribution in [0.4, 0.5) is 5.00 Å². The van der Waals surface area contributed by atoms with Gasteiger partial charge in [-0.3, -0.25) is 9.36 Å². The molecule has 0 fully saturated rings. The van der Waals surface area contributed by atoms with E-state index in [1.807, 2.05) is 18.4 Å². The molecular weight excluding hydrogens is 480 g/mol. The summed E-state index contributed by atoms with van der Waals surface area (Å²) in [5, 5.41) is 11.9. The minimum atomic E-state index is -0.614. The number of hydrogen-bond donors (Lipinski definition) is 1. The minimum absolute atomic E-state index is 0.0109. The van der Waals surface area contributed by atoms with E-state index in [-0.39, 0.29) is 46.4 Å². The third-order valence-corrected chi connectivity index (χ3v) is 6.73. The average Bonchev–Trinajstić information content (AvgIpc) is 3.51. The van der Waals surface area contributed by atoms with Crippen molar-refractivity contribution >= 4 is 45.9 Å². The van der Waals surface area contributed by atoms with Crippen molar-refractivity contribution in [3.05, 3.63) is 34.4 Å². The summed E-state index contributed by atoms with van der Waals surface area (Å²) in [6.45, 7) is 9.33. The highest BCUT2D eigenvalue weighted by atomic mass is 32.2. The van der Waals surface area contributed by atoms with E-state index in [0.29, 0.717) is 22.3 Å². The highest BCUT2D eigenvalue weighted by molar-refractivity contribution is 7.99. The van der Waals surface area contributed by atoms with Crippen LogP contribution in [0.3, 0.4) is 0 Å². The minimum Gasteiger partial charge on any atom is -0.462 e. The zero-order valence-corrected chi connectivity index (χ0v) is 21.2. The number of thioether (sulfide) groups is 1. The van der Waals surface area contributed by atoms with Gasteiger partial charge in [-0.05, 0) is 52.3 Å². The van der Waals surface area contributed by atoms with Crippen molar-refractivity contribution in [2.45, 2.75) is 45.8 Å². The topological polar surface area (TPSA) is 126 Å². The number of anilines is 1. The summed E-state index contributed by atoms with van der Waals surface area (Å²) in [4.78, 5) is 37.9. The largest absolute Gasteiger partial charge is 0.462 e. The monoisotopic (exact) mass is 506 g/mol. The maximum absolute atomic E-state index is 12.8. The molecule has 1 N–H and O–H groups in total. The summed E-state index contributed by atoms with van der Waals surface area (Å²) in [7, 11) is 0. The van der Waals surface area contributed by atoms with Crippen molar-refractivity contribution in [2.24, 2.45) is 0 Å². The number of ether oxygens (including phenoxy) is 2. The molecule has 34 heavy (non-hydrogen) atoms. The van der Waals surface area contributed by atoms with E-state index in [0.717, 1.165) is 11.3 Å². The maximum Gasteiger partial charge on any atom is 0.348 e. The van der Waals surface area contributed by atoms with Crippen molar-refractivity contribution in [2.75, 3.05) is 24.3 Å². The Morgan fingerprint density at radius 3 is 2.50 bits per heavy atom. The van der Waals surface area contributed by atoms with Gasteiger partial charge in [-0.1, -0.05) is 11.8 Å². The standard InChI is InChI=1S/C22H26N4O6S2/c1-6-30-20(28)16-13(5)17(21(29)31-7-2)34-19(16)23-15(27)11-33-22-25-24-18(26(22)12(3)4)14-9-8-10-32-14/h8-10,12H,6-7,11H2,1-5H3,(H,23,27). The van der Waals surface area contributed by atoms with Crippen LogP contribution in [-0.4, -0.2) is 51.6 Å². The molecule has 0 saturated carbocycles. The fourth-order valence-corrected chi connectivity index (χ4v) is 5.12. The molecule has 0 aliphatic rings. The van der Waals surface area contributed by atoms with Crippen LogP contribution in [0.5, 0.6) is 0 Å². The molecule has 0 radical (unpaired) electrons. The van der Waals surface area contributed by atoms with Crippen LogP contribution in [0.25, 0.3) is 11.6 Å². The Bertz CT molecular complexity index is 1170. The number of amides is 1. The number of furan rings is 1. The lowest BCUT2D eigenvalue weighted by atomic mass is 10.1. The van der Waals surface area contributed by atoms with E-state index in [2.05, 4.69) is 15.5 Å². The Morgan fingerprint density at radius 1 is 1.18 bits per heavy atom. The quantitative estimate of drug-likeness (QED) is 0.311. The molecule has 0 atom stereocenters. The second kappa shape index (κ2) is 11.3. The molecule has 0 unspecified atom stereocenters. The van der Waals surface area contributed by atoms with Gasteiger partial charge >= 0.3 is 11.9 Å². The van der Waals surface area contributed by atoms with Gasteiger partial charge in [-0.2, -0.15) is 0 Å². The van der Waals surface area contributed by atoms with Gasteiger partial charge in [-0.25, -0.2) is 9.59 Å². The van der Waals surface area contributed by atoms with E-state index in [4.69, 9.17) is 13.9 Å². The smallest absolute Gasteiger partial charge is 0.348 e. The molecule has 12 heteroatoms. The first-order valence-electron chi connectivity index (χ1n) is 10.7. The number of hydrogen-bond acceptors (Lipinski definition) is 10. The van der Waals surface area contributed by atoms with Crippen LogP contribution in [0.2, 0.25) is 0 Å². The first-order chi connectivity index (χ1) is 16.3. The Kier molecular flexibility index (Phi) is 8.51. The number of carbonyl (C=O) groups is 3. The SMILES string of the molecule is CCOC(=O)c1sc(NC(=O)CSc2nnc(-c3ccco3)n2C(C)C)c(C(=O)OCC)c1C. The van der Waals surface area contributed by atoms with Gasteiger partial charge in [0.25, 0.3) is 0 Å². The summed E-state index contributed by atoms with van der Waals surface area (Å²) in [6.07, 6.45) is 1.56. The first-order valence-corrected chi connectivity index (χ1v) is 12.5. The van der Waals surface area contributed by atoms with Gasteiger partial charge in [0.15, 0.2) is 10.9 Å². The Labute approximate surface area is 205 Å². The molecule has 3 heterocycles. The zero-order valence-electron chi connectivity index (χ0n) is 19.5. The predicted molar refractivity (Wildman–Crippen MR) is 128 cm³/mol. The third-order valence-electron chi connectivity index (χ3n) is 4.59. The lowest BCUT2D eigenvalue weighted by Crippen LogP contribution is -2.17. The number of carbonyl (C=O) groups excluding carboxylic acids is 3. The van der Waals surface area contributed by atoms with E-state index >= 15 is 0 Å². The van der Waals surface area contributed by atoms with Crippen molar-refractivity contribution in [3.8, 4) is 11.6 Å². The van der Waals surface area contributed by atoms with Crippen molar-refractivity contribution < 1.29 is 28.3 Å². The van der Waals surface area contributed by atoms with Crippen LogP contribution in [-0.2, 0) is 14.3 Å². The van der Waals surface area contributed by atoms with Gasteiger partial charge in [-0.15, -0.1) is 21.5 Å². The summed E-state index contributed by atoms with van der Waals surface area (Å²) in [5.41, 5.74) is 0.561. The van der Waals surface area contributed by atoms with Crippen LogP contribution in [0.1, 0.15) is 59.3 Å². The van der Waals surface area contributed by atoms with Crippen LogP contribution < -0.4 is 5.32 Å². The van der Waals surface area contributed by atoms with E-state index in [1.165, 1.54) is 11.8 Å². The second-order valence-corrected chi connectivity index (χ2v) is 9.25. The Hall–Kier alpha value is -3.12. The van der Waals surface area contributed by atoms with Crippen molar-refractivity contribution in [1.82, 2.24) is 14.8 Å². The average molecular weight is 507 g/mol. The molecule has 3 aromatic rings. The molecule has 0 aromatic carbocycles. The molecule has 0 spiro atoms. The van der Waals surface area contributed by atoms with E-state index in [9.17, 15) is 14.4 Å². The van der Waals surface area contributed by atoms with Crippen LogP contribution in [0, 0.1) is 6.92 Å². The normalized spacial score (nSPS) is 11.0. The number of nitrogens with one attached hydrogen (secondary N) is 1. The number of esters is 2. The van der Waals surface area contributed by atoms with Crippen molar-refractivity contribution in [1.29, 1.82) is 0 Å². The molecule has 0 aliphatic carbocycles. The van der Waals surface area contributed by atoms with Crippen LogP contribution in [0.15, 0.2) is 28.0 Å². The lowest BCUT2D eigenvalue weighted by Gasteiger charge is -2.12. The number of nitrogens with zero attached hydrogens (tertiary/aromatic N) is 3. The highest BCUT2D eigenvalue weighted by Gasteiger charge is 2.27. The summed E-state index contributed by atoms with van der Waals surface area (Å²) in [6, 6.07) is 3.59. The Balaban J connectivity index is 1.79. The van der Waals surface area contributed by atoms with Gasteiger partial charge in [0.1, 0.15) is 9.88 Å². The molecular formula is C22H26N4O6S2. The van der Waals surface area contributed by atoms with Crippen molar-refractivity contribution in [3.63, 3.8) is 0 Å². The Morgan fingerprint density at radius 2 is 1.88 bits per heavy atom. The van der Waals surface area contributed by atoms with E-state index in [1.54, 1.807) is 39.2 Å². The molecule has 3 aromatic heterocycles. The zero-order chi connectivity index (χ0) is 24.8. The molecule has 10 nitrogen and oxygen atoms in total.